The Bertz CT molecular complexity index is 288. The highest BCUT2D eigenvalue weighted by Crippen LogP contribution is 2.30. The average Bonchev–Trinajstić information content (AvgIpc) is 2.87. The van der Waals surface area contributed by atoms with Crippen LogP contribution < -0.4 is 10.6 Å². The maximum absolute atomic E-state index is 12.3. The zero-order valence-electron chi connectivity index (χ0n) is 11.4. The fourth-order valence-electron chi connectivity index (χ4n) is 3.24. The molecule has 0 aromatic carbocycles. The molecule has 0 aromatic rings. The Morgan fingerprint density at radius 1 is 1.44 bits per heavy atom. The molecule has 3 atom stereocenters. The molecule has 4 heteroatoms. The Hall–Kier alpha value is -0.610. The molecule has 1 heterocycles. The van der Waals surface area contributed by atoms with Crippen molar-refractivity contribution >= 4 is 5.91 Å². The highest BCUT2D eigenvalue weighted by molar-refractivity contribution is 5.83. The molecule has 2 fully saturated rings. The van der Waals surface area contributed by atoms with Gasteiger partial charge in [-0.25, -0.2) is 0 Å². The van der Waals surface area contributed by atoms with Crippen LogP contribution in [0.4, 0.5) is 0 Å². The zero-order chi connectivity index (χ0) is 13.0. The lowest BCUT2D eigenvalue weighted by molar-refractivity contribution is -0.130. The van der Waals surface area contributed by atoms with Gasteiger partial charge in [0.25, 0.3) is 0 Å². The van der Waals surface area contributed by atoms with Crippen molar-refractivity contribution in [3.8, 4) is 0 Å². The van der Waals surface area contributed by atoms with E-state index >= 15 is 0 Å². The number of hydrogen-bond acceptors (Lipinski definition) is 3. The van der Waals surface area contributed by atoms with Crippen molar-refractivity contribution in [1.82, 2.24) is 10.6 Å². The predicted molar refractivity (Wildman–Crippen MR) is 71.2 cm³/mol. The van der Waals surface area contributed by atoms with Gasteiger partial charge in [-0.1, -0.05) is 19.8 Å². The van der Waals surface area contributed by atoms with Gasteiger partial charge >= 0.3 is 0 Å². The number of carbonyl (C=O) groups excluding carboxylic acids is 1. The SMILES string of the molecule is CCC1(C(=O)NCC2CCCCC2O)CCNC1. The topological polar surface area (TPSA) is 61.4 Å². The number of carbonyl (C=O) groups is 1. The summed E-state index contributed by atoms with van der Waals surface area (Å²) in [5, 5.41) is 16.3. The van der Waals surface area contributed by atoms with Crippen molar-refractivity contribution in [2.24, 2.45) is 11.3 Å². The molecule has 1 amide bonds. The summed E-state index contributed by atoms with van der Waals surface area (Å²) in [6.45, 7) is 4.46. The molecule has 0 bridgehead atoms. The van der Waals surface area contributed by atoms with Crippen molar-refractivity contribution in [1.29, 1.82) is 0 Å². The van der Waals surface area contributed by atoms with Crippen LogP contribution in [0.5, 0.6) is 0 Å². The van der Waals surface area contributed by atoms with E-state index in [0.29, 0.717) is 6.54 Å². The number of rotatable bonds is 4. The van der Waals surface area contributed by atoms with Crippen LogP contribution in [0, 0.1) is 11.3 Å². The number of nitrogens with one attached hydrogen (secondary N) is 2. The molecular weight excluding hydrogens is 228 g/mol. The Morgan fingerprint density at radius 2 is 2.22 bits per heavy atom. The Balaban J connectivity index is 1.83. The first-order chi connectivity index (χ1) is 8.68. The summed E-state index contributed by atoms with van der Waals surface area (Å²) < 4.78 is 0. The number of hydrogen-bond donors (Lipinski definition) is 3. The maximum Gasteiger partial charge on any atom is 0.227 e. The van der Waals surface area contributed by atoms with E-state index in [1.165, 1.54) is 6.42 Å². The minimum Gasteiger partial charge on any atom is -0.393 e. The van der Waals surface area contributed by atoms with Gasteiger partial charge in [0.15, 0.2) is 0 Å². The second-order valence-corrected chi connectivity index (χ2v) is 5.88. The van der Waals surface area contributed by atoms with Crippen LogP contribution in [-0.2, 0) is 4.79 Å². The monoisotopic (exact) mass is 254 g/mol. The molecule has 0 aromatic heterocycles. The summed E-state index contributed by atoms with van der Waals surface area (Å²) >= 11 is 0. The molecule has 4 nitrogen and oxygen atoms in total. The van der Waals surface area contributed by atoms with Crippen LogP contribution >= 0.6 is 0 Å². The molecule has 2 aliphatic rings. The summed E-state index contributed by atoms with van der Waals surface area (Å²) in [6, 6.07) is 0. The van der Waals surface area contributed by atoms with Crippen molar-refractivity contribution in [2.75, 3.05) is 19.6 Å². The molecule has 2 rings (SSSR count). The van der Waals surface area contributed by atoms with Gasteiger partial charge in [-0.15, -0.1) is 0 Å². The van der Waals surface area contributed by atoms with E-state index < -0.39 is 0 Å². The summed E-state index contributed by atoms with van der Waals surface area (Å²) in [4.78, 5) is 12.3. The van der Waals surface area contributed by atoms with E-state index in [2.05, 4.69) is 17.6 Å². The third-order valence-corrected chi connectivity index (χ3v) is 4.80. The predicted octanol–water partition coefficient (Wildman–Crippen LogP) is 1.04. The van der Waals surface area contributed by atoms with E-state index in [4.69, 9.17) is 0 Å². The summed E-state index contributed by atoms with van der Waals surface area (Å²) in [7, 11) is 0. The number of amides is 1. The van der Waals surface area contributed by atoms with Crippen LogP contribution in [0.1, 0.15) is 45.4 Å². The minimum absolute atomic E-state index is 0.174. The minimum atomic E-state index is -0.224. The highest BCUT2D eigenvalue weighted by Gasteiger charge is 2.39. The first-order valence-corrected chi connectivity index (χ1v) is 7.35. The molecule has 3 N–H and O–H groups in total. The molecular formula is C14H26N2O2. The second-order valence-electron chi connectivity index (χ2n) is 5.88. The molecule has 0 spiro atoms. The molecule has 1 saturated heterocycles. The molecule has 1 aliphatic heterocycles. The van der Waals surface area contributed by atoms with Gasteiger partial charge in [0.2, 0.25) is 5.91 Å². The summed E-state index contributed by atoms with van der Waals surface area (Å²) in [5.41, 5.74) is -0.209. The van der Waals surface area contributed by atoms with Crippen molar-refractivity contribution in [2.45, 2.75) is 51.6 Å². The first-order valence-electron chi connectivity index (χ1n) is 7.35. The fourth-order valence-corrected chi connectivity index (χ4v) is 3.24. The van der Waals surface area contributed by atoms with Crippen LogP contribution in [0.15, 0.2) is 0 Å². The number of aliphatic hydroxyl groups excluding tert-OH is 1. The third-order valence-electron chi connectivity index (χ3n) is 4.80. The Kier molecular flexibility index (Phi) is 4.62. The molecule has 18 heavy (non-hydrogen) atoms. The fraction of sp³-hybridized carbons (Fsp3) is 0.929. The van der Waals surface area contributed by atoms with Gasteiger partial charge in [0, 0.05) is 19.0 Å². The molecule has 1 aliphatic carbocycles. The van der Waals surface area contributed by atoms with E-state index in [-0.39, 0.29) is 23.3 Å². The number of aliphatic hydroxyl groups is 1. The van der Waals surface area contributed by atoms with Gasteiger partial charge in [0.05, 0.1) is 11.5 Å². The Morgan fingerprint density at radius 3 is 2.83 bits per heavy atom. The first kappa shape index (κ1) is 13.8. The van der Waals surface area contributed by atoms with E-state index in [0.717, 1.165) is 45.2 Å². The second kappa shape index (κ2) is 6.02. The van der Waals surface area contributed by atoms with E-state index in [1.54, 1.807) is 0 Å². The highest BCUT2D eigenvalue weighted by atomic mass is 16.3. The smallest absolute Gasteiger partial charge is 0.227 e. The molecule has 3 unspecified atom stereocenters. The molecule has 0 radical (unpaired) electrons. The maximum atomic E-state index is 12.3. The quantitative estimate of drug-likeness (QED) is 0.702. The molecule has 104 valence electrons. The molecule has 1 saturated carbocycles. The Labute approximate surface area is 110 Å². The summed E-state index contributed by atoms with van der Waals surface area (Å²) in [5.74, 6) is 0.429. The van der Waals surface area contributed by atoms with Crippen LogP contribution in [0.2, 0.25) is 0 Å². The van der Waals surface area contributed by atoms with Gasteiger partial charge in [-0.3, -0.25) is 4.79 Å². The van der Waals surface area contributed by atoms with Crippen molar-refractivity contribution in [3.05, 3.63) is 0 Å². The van der Waals surface area contributed by atoms with Crippen molar-refractivity contribution in [3.63, 3.8) is 0 Å². The van der Waals surface area contributed by atoms with E-state index in [1.807, 2.05) is 0 Å². The van der Waals surface area contributed by atoms with E-state index in [9.17, 15) is 9.90 Å². The lowest BCUT2D eigenvalue weighted by atomic mass is 9.82. The zero-order valence-corrected chi connectivity index (χ0v) is 11.4. The average molecular weight is 254 g/mol. The van der Waals surface area contributed by atoms with Crippen LogP contribution in [0.25, 0.3) is 0 Å². The normalized spacial score (nSPS) is 36.6. The largest absolute Gasteiger partial charge is 0.393 e. The van der Waals surface area contributed by atoms with Gasteiger partial charge in [-0.05, 0) is 32.2 Å². The van der Waals surface area contributed by atoms with Crippen LogP contribution in [0.3, 0.4) is 0 Å². The van der Waals surface area contributed by atoms with Crippen LogP contribution in [-0.4, -0.2) is 36.8 Å². The van der Waals surface area contributed by atoms with Gasteiger partial charge in [-0.2, -0.15) is 0 Å². The van der Waals surface area contributed by atoms with Gasteiger partial charge in [0.1, 0.15) is 0 Å². The van der Waals surface area contributed by atoms with Crippen molar-refractivity contribution < 1.29 is 9.90 Å². The third kappa shape index (κ3) is 2.86. The van der Waals surface area contributed by atoms with Gasteiger partial charge < -0.3 is 15.7 Å². The standard InChI is InChI=1S/C14H26N2O2/c1-2-14(7-8-15-10-14)13(18)16-9-11-5-3-4-6-12(11)17/h11-12,15,17H,2-10H2,1H3,(H,16,18). The summed E-state index contributed by atoms with van der Waals surface area (Å²) in [6.07, 6.45) is 5.83. The lowest BCUT2D eigenvalue weighted by Gasteiger charge is -2.30. The lowest BCUT2D eigenvalue weighted by Crippen LogP contribution is -2.45.